The van der Waals surface area contributed by atoms with Gasteiger partial charge in [0.05, 0.1) is 16.3 Å². The number of amidine groups is 1. The third kappa shape index (κ3) is 2.76. The molecule has 1 aromatic heterocycles. The third-order valence-corrected chi connectivity index (χ3v) is 4.91. The molecule has 1 saturated heterocycles. The molecule has 1 amide bonds. The first-order chi connectivity index (χ1) is 11.7. The second-order valence-corrected chi connectivity index (χ2v) is 6.66. The zero-order chi connectivity index (χ0) is 16.5. The summed E-state index contributed by atoms with van der Waals surface area (Å²) in [5.41, 5.74) is 5.17. The summed E-state index contributed by atoms with van der Waals surface area (Å²) in [6.07, 6.45) is 0.652. The lowest BCUT2D eigenvalue weighted by molar-refractivity contribution is -0.132. The van der Waals surface area contributed by atoms with E-state index in [4.69, 9.17) is 0 Å². The average molecular weight is 336 g/mol. The fourth-order valence-electron chi connectivity index (χ4n) is 2.87. The van der Waals surface area contributed by atoms with Crippen molar-refractivity contribution in [3.63, 3.8) is 0 Å². The van der Waals surface area contributed by atoms with Crippen LogP contribution in [0.4, 0.5) is 5.13 Å². The first kappa shape index (κ1) is 14.8. The van der Waals surface area contributed by atoms with E-state index >= 15 is 0 Å². The van der Waals surface area contributed by atoms with Gasteiger partial charge < -0.3 is 0 Å². The maximum Gasteiger partial charge on any atom is 0.238 e. The molecule has 1 aliphatic heterocycles. The van der Waals surface area contributed by atoms with Crippen molar-refractivity contribution in [3.05, 3.63) is 60.2 Å². The summed E-state index contributed by atoms with van der Waals surface area (Å²) in [5, 5.41) is 2.34. The number of aliphatic imine (C=N–C) groups is 1. The molecule has 6 heteroatoms. The molecule has 5 nitrogen and oxygen atoms in total. The van der Waals surface area contributed by atoms with Crippen molar-refractivity contribution >= 4 is 38.4 Å². The van der Waals surface area contributed by atoms with Crippen molar-refractivity contribution in [1.82, 2.24) is 15.4 Å². The molecule has 4 rings (SSSR count). The van der Waals surface area contributed by atoms with Crippen molar-refractivity contribution in [3.8, 4) is 0 Å². The van der Waals surface area contributed by atoms with E-state index in [-0.39, 0.29) is 11.9 Å². The highest BCUT2D eigenvalue weighted by molar-refractivity contribution is 7.22. The second kappa shape index (κ2) is 6.05. The third-order valence-electron chi connectivity index (χ3n) is 3.98. The molecule has 2 aromatic carbocycles. The van der Waals surface area contributed by atoms with Crippen LogP contribution in [0.25, 0.3) is 10.2 Å². The molecular formula is C18H16N4OS. The van der Waals surface area contributed by atoms with E-state index in [2.05, 4.69) is 15.4 Å². The van der Waals surface area contributed by atoms with Crippen molar-refractivity contribution < 1.29 is 4.79 Å². The number of carbonyl (C=O) groups is 1. The van der Waals surface area contributed by atoms with Gasteiger partial charge in [-0.1, -0.05) is 53.8 Å². The van der Waals surface area contributed by atoms with E-state index in [0.717, 1.165) is 21.6 Å². The van der Waals surface area contributed by atoms with Gasteiger partial charge in [0.1, 0.15) is 5.84 Å². The maximum absolute atomic E-state index is 12.0. The topological polar surface area (TPSA) is 57.6 Å². The van der Waals surface area contributed by atoms with Gasteiger partial charge in [-0.05, 0) is 17.7 Å². The van der Waals surface area contributed by atoms with Crippen LogP contribution in [0.2, 0.25) is 0 Å². The van der Waals surface area contributed by atoms with Gasteiger partial charge in [-0.3, -0.25) is 10.2 Å². The molecule has 120 valence electrons. The van der Waals surface area contributed by atoms with E-state index in [0.29, 0.717) is 11.6 Å². The van der Waals surface area contributed by atoms with Crippen LogP contribution in [0.5, 0.6) is 0 Å². The summed E-state index contributed by atoms with van der Waals surface area (Å²) in [6, 6.07) is 17.9. The summed E-state index contributed by atoms with van der Waals surface area (Å²) in [5.74, 6) is 0.733. The summed E-state index contributed by atoms with van der Waals surface area (Å²) >= 11 is 1.55. The highest BCUT2D eigenvalue weighted by Crippen LogP contribution is 2.31. The smallest absolute Gasteiger partial charge is 0.238 e. The minimum absolute atomic E-state index is 0.0293. The average Bonchev–Trinajstić information content (AvgIpc) is 3.19. The Morgan fingerprint density at radius 3 is 2.71 bits per heavy atom. The Morgan fingerprint density at radius 1 is 1.21 bits per heavy atom. The minimum atomic E-state index is -0.0446. The Morgan fingerprint density at radius 2 is 1.96 bits per heavy atom. The predicted octanol–water partition coefficient (Wildman–Crippen LogP) is 3.82. The number of para-hydroxylation sites is 1. The Kier molecular flexibility index (Phi) is 3.74. The number of benzene rings is 2. The Labute approximate surface area is 143 Å². The first-order valence-corrected chi connectivity index (χ1v) is 8.57. The lowest BCUT2D eigenvalue weighted by Gasteiger charge is -2.22. The number of nitrogens with zero attached hydrogens (tertiary/aromatic N) is 3. The van der Waals surface area contributed by atoms with Crippen molar-refractivity contribution in [1.29, 1.82) is 0 Å². The van der Waals surface area contributed by atoms with Gasteiger partial charge in [0.15, 0.2) is 0 Å². The fraction of sp³-hybridized carbons (Fsp3) is 0.167. The summed E-state index contributed by atoms with van der Waals surface area (Å²) in [6.45, 7) is 1.56. The van der Waals surface area contributed by atoms with Gasteiger partial charge in [-0.25, -0.2) is 15.0 Å². The monoisotopic (exact) mass is 336 g/mol. The highest BCUT2D eigenvalue weighted by atomic mass is 32.1. The number of amides is 1. The maximum atomic E-state index is 12.0. The number of fused-ring (bicyclic) bond motifs is 1. The van der Waals surface area contributed by atoms with Gasteiger partial charge in [0.25, 0.3) is 0 Å². The zero-order valence-corrected chi connectivity index (χ0v) is 14.0. The Hall–Kier alpha value is -2.73. The predicted molar refractivity (Wildman–Crippen MR) is 96.2 cm³/mol. The van der Waals surface area contributed by atoms with Crippen LogP contribution in [0.3, 0.4) is 0 Å². The van der Waals surface area contributed by atoms with E-state index in [1.54, 1.807) is 23.3 Å². The van der Waals surface area contributed by atoms with E-state index in [1.165, 1.54) is 0 Å². The quantitative estimate of drug-likeness (QED) is 0.774. The highest BCUT2D eigenvalue weighted by Gasteiger charge is 2.32. The molecule has 0 bridgehead atoms. The number of thiazole rings is 1. The van der Waals surface area contributed by atoms with Crippen LogP contribution in [-0.2, 0) is 4.79 Å². The molecule has 0 radical (unpaired) electrons. The van der Waals surface area contributed by atoms with Crippen LogP contribution in [0.15, 0.2) is 59.6 Å². The van der Waals surface area contributed by atoms with Crippen LogP contribution >= 0.6 is 11.3 Å². The van der Waals surface area contributed by atoms with E-state index in [1.807, 2.05) is 54.6 Å². The first-order valence-electron chi connectivity index (χ1n) is 7.75. The molecule has 1 N–H and O–H groups in total. The van der Waals surface area contributed by atoms with Crippen molar-refractivity contribution in [2.75, 3.05) is 0 Å². The molecule has 3 aromatic rings. The number of carbonyl (C=O) groups excluding carboxylic acids is 1. The number of aromatic nitrogens is 1. The fourth-order valence-corrected chi connectivity index (χ4v) is 3.73. The second-order valence-electron chi connectivity index (χ2n) is 5.65. The minimum Gasteiger partial charge on any atom is -0.282 e. The van der Waals surface area contributed by atoms with Crippen molar-refractivity contribution in [2.24, 2.45) is 4.99 Å². The number of rotatable bonds is 2. The van der Waals surface area contributed by atoms with Gasteiger partial charge in [0, 0.05) is 13.3 Å². The van der Waals surface area contributed by atoms with Crippen molar-refractivity contribution in [2.45, 2.75) is 19.4 Å². The summed E-state index contributed by atoms with van der Waals surface area (Å²) < 4.78 is 1.11. The molecule has 1 fully saturated rings. The van der Waals surface area contributed by atoms with Gasteiger partial charge in [-0.15, -0.1) is 0 Å². The summed E-state index contributed by atoms with van der Waals surface area (Å²) in [7, 11) is 0. The lowest BCUT2D eigenvalue weighted by Crippen LogP contribution is -2.38. The normalized spacial score (nSPS) is 19.0. The largest absolute Gasteiger partial charge is 0.282 e. The molecule has 24 heavy (non-hydrogen) atoms. The number of hydrogen-bond donors (Lipinski definition) is 1. The number of hydrazine groups is 1. The standard InChI is InChI=1S/C18H16N4OS/c1-12(23)22-15(13-7-3-2-4-8-13)11-17(21-22)20-18-19-14-9-5-6-10-16(14)24-18/h2-10,15H,11H2,1H3,(H,19,20,21). The molecule has 1 atom stereocenters. The molecule has 0 aliphatic carbocycles. The van der Waals surface area contributed by atoms with Crippen LogP contribution in [-0.4, -0.2) is 21.7 Å². The van der Waals surface area contributed by atoms with E-state index in [9.17, 15) is 4.79 Å². The zero-order valence-electron chi connectivity index (χ0n) is 13.1. The Balaban J connectivity index is 1.65. The molecule has 1 unspecified atom stereocenters. The molecular weight excluding hydrogens is 320 g/mol. The van der Waals surface area contributed by atoms with Gasteiger partial charge in [-0.2, -0.15) is 0 Å². The summed E-state index contributed by atoms with van der Waals surface area (Å²) in [4.78, 5) is 21.1. The molecule has 0 saturated carbocycles. The number of nitrogens with one attached hydrogen (secondary N) is 1. The van der Waals surface area contributed by atoms with Gasteiger partial charge in [0.2, 0.25) is 11.0 Å². The lowest BCUT2D eigenvalue weighted by atomic mass is 10.0. The van der Waals surface area contributed by atoms with Crippen LogP contribution in [0.1, 0.15) is 24.9 Å². The molecule has 0 spiro atoms. The van der Waals surface area contributed by atoms with Crippen LogP contribution in [0, 0.1) is 0 Å². The molecule has 1 aliphatic rings. The Bertz CT molecular complexity index is 886. The SMILES string of the molecule is CC(=O)N1NC(=Nc2nc3ccccc3s2)CC1c1ccccc1. The van der Waals surface area contributed by atoms with Gasteiger partial charge >= 0.3 is 0 Å². The molecule has 2 heterocycles. The van der Waals surface area contributed by atoms with E-state index < -0.39 is 0 Å². The number of hydrogen-bond acceptors (Lipinski definition) is 4. The van der Waals surface area contributed by atoms with Crippen LogP contribution < -0.4 is 5.43 Å².